The van der Waals surface area contributed by atoms with Gasteiger partial charge in [0.2, 0.25) is 6.69 Å². The molecule has 0 bridgehead atoms. The van der Waals surface area contributed by atoms with Crippen molar-refractivity contribution in [1.82, 2.24) is 0 Å². The van der Waals surface area contributed by atoms with E-state index in [0.717, 1.165) is 24.8 Å². The van der Waals surface area contributed by atoms with Gasteiger partial charge in [0.25, 0.3) is 0 Å². The Kier molecular flexibility index (Phi) is 5.42. The molecule has 56 valence electrons. The van der Waals surface area contributed by atoms with Gasteiger partial charge in [0, 0.05) is 5.88 Å². The summed E-state index contributed by atoms with van der Waals surface area (Å²) in [7, 11) is 0. The standard InChI is InChI=1S/C5H11Cl3Si/c1-9(7,8)5-3-2-4-6/h2-5H2,1H3. The molecule has 0 aliphatic rings. The molecule has 0 amide bonds. The van der Waals surface area contributed by atoms with Gasteiger partial charge in [-0.1, -0.05) is 6.42 Å². The van der Waals surface area contributed by atoms with Crippen molar-refractivity contribution >= 4 is 40.5 Å². The molecule has 9 heavy (non-hydrogen) atoms. The highest BCUT2D eigenvalue weighted by molar-refractivity contribution is 7.44. The Hall–Kier alpha value is 1.09. The normalized spacial score (nSPS) is 12.0. The van der Waals surface area contributed by atoms with E-state index in [1.165, 1.54) is 0 Å². The van der Waals surface area contributed by atoms with E-state index in [1.807, 2.05) is 6.55 Å². The molecule has 0 saturated heterocycles. The van der Waals surface area contributed by atoms with Gasteiger partial charge in [-0.15, -0.1) is 33.8 Å². The smallest absolute Gasteiger partial charge is 0.146 e. The van der Waals surface area contributed by atoms with Crippen LogP contribution in [0.25, 0.3) is 0 Å². The van der Waals surface area contributed by atoms with Crippen LogP contribution in [0, 0.1) is 0 Å². The number of rotatable bonds is 4. The molecule has 4 heteroatoms. The van der Waals surface area contributed by atoms with Crippen molar-refractivity contribution in [1.29, 1.82) is 0 Å². The number of hydrogen-bond acceptors (Lipinski definition) is 0. The molecule has 0 nitrogen and oxygen atoms in total. The van der Waals surface area contributed by atoms with Gasteiger partial charge >= 0.3 is 0 Å². The lowest BCUT2D eigenvalue weighted by Gasteiger charge is -2.07. The first-order valence-electron chi connectivity index (χ1n) is 3.00. The molecule has 0 aromatic heterocycles. The van der Waals surface area contributed by atoms with Gasteiger partial charge in [0.15, 0.2) is 0 Å². The third-order valence-electron chi connectivity index (χ3n) is 0.999. The minimum atomic E-state index is -1.81. The van der Waals surface area contributed by atoms with E-state index in [1.54, 1.807) is 0 Å². The largest absolute Gasteiger partial charge is 0.248 e. The third kappa shape index (κ3) is 9.09. The van der Waals surface area contributed by atoms with Crippen LogP contribution in [0.2, 0.25) is 12.6 Å². The van der Waals surface area contributed by atoms with Crippen molar-refractivity contribution in [3.05, 3.63) is 0 Å². The van der Waals surface area contributed by atoms with Crippen LogP contribution >= 0.6 is 33.8 Å². The van der Waals surface area contributed by atoms with E-state index >= 15 is 0 Å². The molecule has 0 aliphatic carbocycles. The lowest BCUT2D eigenvalue weighted by atomic mass is 10.4. The predicted molar refractivity (Wildman–Crippen MR) is 48.1 cm³/mol. The molecule has 0 atom stereocenters. The first kappa shape index (κ1) is 10.1. The first-order valence-corrected chi connectivity index (χ1v) is 8.26. The van der Waals surface area contributed by atoms with Crippen LogP contribution in [-0.4, -0.2) is 12.6 Å². The number of hydrogen-bond donors (Lipinski definition) is 0. The van der Waals surface area contributed by atoms with E-state index < -0.39 is 6.69 Å². The van der Waals surface area contributed by atoms with Gasteiger partial charge in [-0.3, -0.25) is 0 Å². The Labute approximate surface area is 71.9 Å². The SMILES string of the molecule is C[Si](Cl)(Cl)CCCCCl. The second-order valence-corrected chi connectivity index (χ2v) is 10.8. The molecule has 0 rings (SSSR count). The van der Waals surface area contributed by atoms with Crippen LogP contribution in [-0.2, 0) is 0 Å². The average Bonchev–Trinajstić information content (AvgIpc) is 1.63. The van der Waals surface area contributed by atoms with Gasteiger partial charge in [-0.2, -0.15) is 0 Å². The topological polar surface area (TPSA) is 0 Å². The van der Waals surface area contributed by atoms with Crippen LogP contribution in [0.5, 0.6) is 0 Å². The van der Waals surface area contributed by atoms with E-state index in [9.17, 15) is 0 Å². The van der Waals surface area contributed by atoms with Crippen molar-refractivity contribution in [3.63, 3.8) is 0 Å². The van der Waals surface area contributed by atoms with Crippen molar-refractivity contribution in [2.45, 2.75) is 25.4 Å². The third-order valence-corrected chi connectivity index (χ3v) is 3.63. The Morgan fingerprint density at radius 1 is 1.22 bits per heavy atom. The predicted octanol–water partition coefficient (Wildman–Crippen LogP) is 3.56. The fourth-order valence-corrected chi connectivity index (χ4v) is 2.39. The maximum atomic E-state index is 5.83. The Morgan fingerprint density at radius 3 is 2.11 bits per heavy atom. The van der Waals surface area contributed by atoms with E-state index in [4.69, 9.17) is 33.8 Å². The first-order chi connectivity index (χ1) is 4.06. The summed E-state index contributed by atoms with van der Waals surface area (Å²) in [5.41, 5.74) is 0. The molecule has 0 radical (unpaired) electrons. The zero-order chi connectivity index (χ0) is 7.33. The number of alkyl halides is 1. The highest BCUT2D eigenvalue weighted by Gasteiger charge is 2.19. The van der Waals surface area contributed by atoms with Crippen LogP contribution < -0.4 is 0 Å². The monoisotopic (exact) mass is 204 g/mol. The molecule has 0 N–H and O–H groups in total. The number of halogens is 3. The van der Waals surface area contributed by atoms with Crippen LogP contribution in [0.4, 0.5) is 0 Å². The van der Waals surface area contributed by atoms with Crippen LogP contribution in [0.15, 0.2) is 0 Å². The second-order valence-electron chi connectivity index (χ2n) is 2.22. The summed E-state index contributed by atoms with van der Waals surface area (Å²) in [6, 6.07) is 0.961. The lowest BCUT2D eigenvalue weighted by molar-refractivity contribution is 0.883. The summed E-state index contributed by atoms with van der Waals surface area (Å²) >= 11 is 17.1. The van der Waals surface area contributed by atoms with Gasteiger partial charge in [-0.05, 0) is 19.0 Å². The molecule has 0 unspecified atom stereocenters. The molecule has 0 aliphatic heterocycles. The fourth-order valence-electron chi connectivity index (χ4n) is 0.530. The Morgan fingerprint density at radius 2 is 1.78 bits per heavy atom. The molecule has 0 saturated carbocycles. The maximum absolute atomic E-state index is 5.83. The summed E-state index contributed by atoms with van der Waals surface area (Å²) in [6.45, 7) is 0.126. The Balaban J connectivity index is 3.07. The molecule has 0 aromatic carbocycles. The zero-order valence-electron chi connectivity index (χ0n) is 5.46. The summed E-state index contributed by atoms with van der Waals surface area (Å²) in [5.74, 6) is 0.720. The summed E-state index contributed by atoms with van der Waals surface area (Å²) < 4.78 is 0. The molecule has 0 heterocycles. The highest BCUT2D eigenvalue weighted by Crippen LogP contribution is 2.22. The van der Waals surface area contributed by atoms with Gasteiger partial charge in [-0.25, -0.2) is 0 Å². The fraction of sp³-hybridized carbons (Fsp3) is 1.00. The van der Waals surface area contributed by atoms with E-state index in [-0.39, 0.29) is 0 Å². The minimum absolute atomic E-state index is 0.720. The number of unbranched alkanes of at least 4 members (excludes halogenated alkanes) is 1. The summed E-state index contributed by atoms with van der Waals surface area (Å²) in [5, 5.41) is 0. The van der Waals surface area contributed by atoms with Gasteiger partial charge in [0.1, 0.15) is 0 Å². The van der Waals surface area contributed by atoms with Gasteiger partial charge < -0.3 is 0 Å². The van der Waals surface area contributed by atoms with Crippen molar-refractivity contribution in [2.24, 2.45) is 0 Å². The molecule has 0 fully saturated rings. The highest BCUT2D eigenvalue weighted by atomic mass is 35.7. The van der Waals surface area contributed by atoms with Crippen molar-refractivity contribution < 1.29 is 0 Å². The molecular formula is C5H11Cl3Si. The Bertz CT molecular complexity index is 69.1. The van der Waals surface area contributed by atoms with Crippen LogP contribution in [0.3, 0.4) is 0 Å². The van der Waals surface area contributed by atoms with Crippen LogP contribution in [0.1, 0.15) is 12.8 Å². The maximum Gasteiger partial charge on any atom is 0.248 e. The van der Waals surface area contributed by atoms with Crippen molar-refractivity contribution in [2.75, 3.05) is 5.88 Å². The second kappa shape index (κ2) is 4.83. The van der Waals surface area contributed by atoms with E-state index in [0.29, 0.717) is 0 Å². The quantitative estimate of drug-likeness (QED) is 0.285. The average molecular weight is 206 g/mol. The zero-order valence-corrected chi connectivity index (χ0v) is 8.73. The molecule has 0 spiro atoms. The molecular weight excluding hydrogens is 194 g/mol. The lowest BCUT2D eigenvalue weighted by Crippen LogP contribution is -2.11. The summed E-state index contributed by atoms with van der Waals surface area (Å²) in [4.78, 5) is 0. The molecule has 0 aromatic rings. The van der Waals surface area contributed by atoms with Gasteiger partial charge in [0.05, 0.1) is 0 Å². The summed E-state index contributed by atoms with van der Waals surface area (Å²) in [6.07, 6.45) is 2.10. The minimum Gasteiger partial charge on any atom is -0.146 e. The van der Waals surface area contributed by atoms with Crippen molar-refractivity contribution in [3.8, 4) is 0 Å². The van der Waals surface area contributed by atoms with E-state index in [2.05, 4.69) is 0 Å².